The summed E-state index contributed by atoms with van der Waals surface area (Å²) in [6.45, 7) is -6.72. The molecule has 2 aromatic carbocycles. The summed E-state index contributed by atoms with van der Waals surface area (Å²) in [5.41, 5.74) is -3.10. The lowest BCUT2D eigenvalue weighted by atomic mass is 10.1. The van der Waals surface area contributed by atoms with Crippen LogP contribution >= 0.6 is 0 Å². The number of benzene rings is 2. The van der Waals surface area contributed by atoms with E-state index in [1.807, 2.05) is 0 Å². The van der Waals surface area contributed by atoms with Crippen LogP contribution in [0.25, 0.3) is 11.1 Å². The molecule has 0 fully saturated rings. The Bertz CT molecular complexity index is 1100. The predicted octanol–water partition coefficient (Wildman–Crippen LogP) is 3.32. The molecule has 1 aliphatic rings. The van der Waals surface area contributed by atoms with Gasteiger partial charge in [0.1, 0.15) is 0 Å². The third-order valence-electron chi connectivity index (χ3n) is 2.21. The van der Waals surface area contributed by atoms with Crippen LogP contribution in [0.15, 0.2) is 42.3 Å². The Kier molecular flexibility index (Phi) is 0.540. The van der Waals surface area contributed by atoms with Gasteiger partial charge >= 0.3 is 0 Å². The Hall–Kier alpha value is -1.76. The van der Waals surface area contributed by atoms with Crippen molar-refractivity contribution in [2.45, 2.75) is 6.37 Å². The minimum absolute atomic E-state index is 0.170. The van der Waals surface area contributed by atoms with Crippen molar-refractivity contribution in [2.24, 2.45) is 0 Å². The summed E-state index contributed by atoms with van der Waals surface area (Å²) >= 11 is 0. The molecule has 0 aliphatic heterocycles. The summed E-state index contributed by atoms with van der Waals surface area (Å²) < 4.78 is 119. The highest BCUT2D eigenvalue weighted by Gasteiger charge is 2.17. The summed E-state index contributed by atoms with van der Waals surface area (Å²) in [6, 6.07) is -5.67. The maximum absolute atomic E-state index is 8.47. The van der Waals surface area contributed by atoms with Gasteiger partial charge in [0, 0.05) is 30.6 Å². The van der Waals surface area contributed by atoms with Gasteiger partial charge in [-0.15, -0.1) is 0 Å². The van der Waals surface area contributed by atoms with Gasteiger partial charge in [-0.05, 0) is 40.7 Å². The van der Waals surface area contributed by atoms with E-state index in [-0.39, 0.29) is 4.90 Å². The molecule has 0 spiro atoms. The molecular weight excluding hydrogens is 194 g/mol. The van der Waals surface area contributed by atoms with Crippen LogP contribution in [-0.2, 0) is 6.37 Å². The minimum atomic E-state index is -3.36. The van der Waals surface area contributed by atoms with Crippen LogP contribution in [0.1, 0.15) is 31.7 Å². The van der Waals surface area contributed by atoms with E-state index in [0.29, 0.717) is 0 Å². The van der Waals surface area contributed by atoms with Crippen LogP contribution in [0.3, 0.4) is 0 Å². The summed E-state index contributed by atoms with van der Waals surface area (Å²) in [6.07, 6.45) is -2.77. The van der Waals surface area contributed by atoms with Crippen molar-refractivity contribution in [1.29, 1.82) is 0 Å². The van der Waals surface area contributed by atoms with Gasteiger partial charge in [0.2, 0.25) is 0 Å². The first-order valence-corrected chi connectivity index (χ1v) is 4.42. The largest absolute Gasteiger partial charge is 0.378 e. The zero-order valence-corrected chi connectivity index (χ0v) is 7.95. The van der Waals surface area contributed by atoms with E-state index >= 15 is 0 Å². The van der Waals surface area contributed by atoms with E-state index in [1.54, 1.807) is 0 Å². The highest BCUT2D eigenvalue weighted by molar-refractivity contribution is 5.78. The maximum Gasteiger partial charge on any atom is 0.0648 e. The van der Waals surface area contributed by atoms with E-state index in [9.17, 15) is 0 Å². The molecule has 0 radical (unpaired) electrons. The summed E-state index contributed by atoms with van der Waals surface area (Å²) in [5.74, 6) is 0. The van der Waals surface area contributed by atoms with Crippen molar-refractivity contribution in [3.05, 3.63) is 53.4 Å². The first kappa shape index (κ1) is 2.56. The lowest BCUT2D eigenvalue weighted by Crippen LogP contribution is -2.08. The Morgan fingerprint density at radius 3 is 2.81 bits per heavy atom. The number of anilines is 1. The molecule has 0 heterocycles. The molecular formula is C15H15N. The lowest BCUT2D eigenvalue weighted by molar-refractivity contribution is 1.12. The predicted molar refractivity (Wildman–Crippen MR) is 69.0 cm³/mol. The molecule has 2 aromatic rings. The Morgan fingerprint density at radius 2 is 1.94 bits per heavy atom. The molecule has 0 aromatic heterocycles. The van der Waals surface area contributed by atoms with Crippen LogP contribution in [0, 0.1) is 0 Å². The molecule has 0 N–H and O–H groups in total. The second-order valence-corrected chi connectivity index (χ2v) is 3.18. The van der Waals surface area contributed by atoms with E-state index < -0.39 is 90.6 Å². The van der Waals surface area contributed by atoms with Gasteiger partial charge in [-0.1, -0.05) is 30.2 Å². The third kappa shape index (κ3) is 1.32. The first-order valence-electron chi connectivity index (χ1n) is 11.9. The fraction of sp³-hybridized carbons (Fsp3) is 0.200. The van der Waals surface area contributed by atoms with Gasteiger partial charge in [0.15, 0.2) is 0 Å². The minimum Gasteiger partial charge on any atom is -0.378 e. The normalized spacial score (nSPS) is 30.4. The molecule has 1 aliphatic carbocycles. The molecule has 80 valence electrons. The molecule has 1 heteroatoms. The zero-order valence-electron chi connectivity index (χ0n) is 22.9. The van der Waals surface area contributed by atoms with E-state index in [0.717, 1.165) is 0 Å². The highest BCUT2D eigenvalue weighted by atomic mass is 15.1. The zero-order chi connectivity index (χ0) is 24.0. The van der Waals surface area contributed by atoms with Crippen molar-refractivity contribution >= 4 is 5.69 Å². The average Bonchev–Trinajstić information content (AvgIpc) is 2.85. The van der Waals surface area contributed by atoms with Crippen molar-refractivity contribution in [3.63, 3.8) is 0 Å². The van der Waals surface area contributed by atoms with Crippen LogP contribution in [0.5, 0.6) is 0 Å². The van der Waals surface area contributed by atoms with Crippen molar-refractivity contribution in [1.82, 2.24) is 0 Å². The fourth-order valence-corrected chi connectivity index (χ4v) is 1.51. The number of rotatable bonds is 1. The number of fused-ring (bicyclic) bond motifs is 3. The topological polar surface area (TPSA) is 3.24 Å². The maximum atomic E-state index is 8.47. The first-order chi connectivity index (χ1) is 13.9. The van der Waals surface area contributed by atoms with E-state index in [2.05, 4.69) is 0 Å². The van der Waals surface area contributed by atoms with Crippen LogP contribution < -0.4 is 4.90 Å². The van der Waals surface area contributed by atoms with E-state index in [4.69, 9.17) is 20.6 Å². The monoisotopic (exact) mass is 224 g/mol. The Balaban J connectivity index is 2.55. The van der Waals surface area contributed by atoms with E-state index in [1.165, 1.54) is 0 Å². The van der Waals surface area contributed by atoms with Gasteiger partial charge in [0.05, 0.1) is 9.60 Å². The summed E-state index contributed by atoms with van der Waals surface area (Å²) in [5, 5.41) is 0. The summed E-state index contributed by atoms with van der Waals surface area (Å²) in [7, 11) is 0. The molecule has 3 rings (SSSR count). The number of hydrogen-bond donors (Lipinski definition) is 0. The second-order valence-electron chi connectivity index (χ2n) is 3.18. The van der Waals surface area contributed by atoms with Crippen molar-refractivity contribution in [3.8, 4) is 11.1 Å². The average molecular weight is 224 g/mol. The van der Waals surface area contributed by atoms with Gasteiger partial charge in [-0.25, -0.2) is 0 Å². The molecule has 0 saturated heterocycles. The quantitative estimate of drug-likeness (QED) is 0.718. The Morgan fingerprint density at radius 1 is 1.12 bits per heavy atom. The Labute approximate surface area is 117 Å². The van der Waals surface area contributed by atoms with Gasteiger partial charge in [0.25, 0.3) is 0 Å². The SMILES string of the molecule is [2H]c1c([2H])c([2H])c2c(c1[2H])-c1c([2H])c([2H])c(N(C([2H])([2H])[2H])C([2H])([2H])[2H])c([2H])c1C2([2H])[2H]. The molecule has 0 saturated carbocycles. The smallest absolute Gasteiger partial charge is 0.0648 e. The van der Waals surface area contributed by atoms with Crippen molar-refractivity contribution in [2.75, 3.05) is 18.9 Å². The number of hydrogen-bond acceptors (Lipinski definition) is 1. The third-order valence-corrected chi connectivity index (χ3v) is 2.21. The standard InChI is InChI=1S/C15H15N/c1-16(2)13-7-8-15-12(10-13)9-11-5-3-4-6-14(11)15/h3-8,10H,9H2,1-2H3/i1D3,2D3,3D,4D,5D,6D,7D,8D,9D2,10D. The van der Waals surface area contributed by atoms with Crippen LogP contribution in [0.2, 0.25) is 0 Å². The van der Waals surface area contributed by atoms with Crippen molar-refractivity contribution < 1.29 is 20.6 Å². The summed E-state index contributed by atoms with van der Waals surface area (Å²) in [4.78, 5) is -0.170. The second kappa shape index (κ2) is 3.38. The van der Waals surface area contributed by atoms with Gasteiger partial charge < -0.3 is 4.90 Å². The van der Waals surface area contributed by atoms with Gasteiger partial charge in [-0.2, -0.15) is 0 Å². The fourth-order valence-electron chi connectivity index (χ4n) is 1.51. The number of nitrogens with zero attached hydrogens (tertiary/aromatic N) is 1. The highest BCUT2D eigenvalue weighted by Crippen LogP contribution is 2.37. The molecule has 0 bridgehead atoms. The molecule has 0 atom stereocenters. The molecule has 0 unspecified atom stereocenters. The molecule has 1 nitrogen and oxygen atoms in total. The molecule has 16 heavy (non-hydrogen) atoms. The molecule has 0 amide bonds. The lowest BCUT2D eigenvalue weighted by Gasteiger charge is -2.13. The van der Waals surface area contributed by atoms with Gasteiger partial charge in [-0.3, -0.25) is 0 Å². The van der Waals surface area contributed by atoms with Crippen LogP contribution in [-0.4, -0.2) is 14.0 Å². The van der Waals surface area contributed by atoms with Crippen LogP contribution in [0.4, 0.5) is 5.69 Å².